The first-order chi connectivity index (χ1) is 13.4. The van der Waals surface area contributed by atoms with E-state index in [2.05, 4.69) is 9.82 Å². The molecule has 1 N–H and O–H groups in total. The third kappa shape index (κ3) is 4.44. The topological polar surface area (TPSA) is 90.3 Å². The minimum Gasteiger partial charge on any atom is -0.494 e. The Morgan fingerprint density at radius 3 is 2.54 bits per heavy atom. The van der Waals surface area contributed by atoms with Crippen molar-refractivity contribution in [1.82, 2.24) is 14.5 Å². The summed E-state index contributed by atoms with van der Waals surface area (Å²) in [6, 6.07) is 15.6. The highest BCUT2D eigenvalue weighted by molar-refractivity contribution is 7.89. The van der Waals surface area contributed by atoms with E-state index in [4.69, 9.17) is 4.74 Å². The molecule has 2 aromatic carbocycles. The van der Waals surface area contributed by atoms with Gasteiger partial charge >= 0.3 is 0 Å². The Labute approximate surface area is 161 Å². The number of benzene rings is 2. The van der Waals surface area contributed by atoms with Crippen LogP contribution in [0.5, 0.6) is 5.75 Å². The Bertz CT molecular complexity index is 1130. The van der Waals surface area contributed by atoms with Crippen molar-refractivity contribution in [3.63, 3.8) is 0 Å². The molecule has 7 nitrogen and oxygen atoms in total. The van der Waals surface area contributed by atoms with Crippen molar-refractivity contribution in [1.29, 1.82) is 0 Å². The average Bonchev–Trinajstić information content (AvgIpc) is 2.70. The Morgan fingerprint density at radius 1 is 1.11 bits per heavy atom. The second-order valence-corrected chi connectivity index (χ2v) is 7.61. The van der Waals surface area contributed by atoms with Gasteiger partial charge in [-0.05, 0) is 24.3 Å². The summed E-state index contributed by atoms with van der Waals surface area (Å²) in [5.74, 6) is -0.828. The molecule has 1 heterocycles. The van der Waals surface area contributed by atoms with Gasteiger partial charge in [0.1, 0.15) is 0 Å². The molecule has 0 saturated carbocycles. The number of halogens is 1. The first-order valence-electron chi connectivity index (χ1n) is 8.37. The fourth-order valence-electron chi connectivity index (χ4n) is 2.56. The number of ether oxygens (including phenoxy) is 1. The number of rotatable bonds is 7. The Morgan fingerprint density at radius 2 is 1.86 bits per heavy atom. The maximum atomic E-state index is 13.8. The van der Waals surface area contributed by atoms with Crippen molar-refractivity contribution in [2.75, 3.05) is 13.7 Å². The van der Waals surface area contributed by atoms with E-state index in [9.17, 15) is 17.6 Å². The van der Waals surface area contributed by atoms with Crippen LogP contribution in [-0.4, -0.2) is 31.9 Å². The number of nitrogens with zero attached hydrogens (tertiary/aromatic N) is 2. The summed E-state index contributed by atoms with van der Waals surface area (Å²) in [4.78, 5) is 11.8. The van der Waals surface area contributed by atoms with Gasteiger partial charge < -0.3 is 4.74 Å². The average molecular weight is 403 g/mol. The fourth-order valence-corrected chi connectivity index (χ4v) is 3.59. The molecule has 0 amide bonds. The molecule has 0 unspecified atom stereocenters. The lowest BCUT2D eigenvalue weighted by Crippen LogP contribution is -2.32. The van der Waals surface area contributed by atoms with E-state index in [1.54, 1.807) is 6.07 Å². The van der Waals surface area contributed by atoms with Crippen molar-refractivity contribution in [2.24, 2.45) is 0 Å². The molecule has 0 fully saturated rings. The van der Waals surface area contributed by atoms with Crippen LogP contribution in [0, 0.1) is 5.82 Å². The molecule has 0 bridgehead atoms. The summed E-state index contributed by atoms with van der Waals surface area (Å²) >= 11 is 0. The number of methoxy groups -OCH3 is 1. The highest BCUT2D eigenvalue weighted by Crippen LogP contribution is 2.20. The quantitative estimate of drug-likeness (QED) is 0.652. The van der Waals surface area contributed by atoms with Crippen LogP contribution >= 0.6 is 0 Å². The molecule has 0 aliphatic carbocycles. The number of aromatic nitrogens is 2. The van der Waals surface area contributed by atoms with Crippen LogP contribution in [0.4, 0.5) is 4.39 Å². The van der Waals surface area contributed by atoms with Crippen LogP contribution in [0.3, 0.4) is 0 Å². The third-order valence-electron chi connectivity index (χ3n) is 3.99. The van der Waals surface area contributed by atoms with Crippen LogP contribution in [0.25, 0.3) is 11.3 Å². The molecule has 3 aromatic rings. The van der Waals surface area contributed by atoms with E-state index >= 15 is 0 Å². The van der Waals surface area contributed by atoms with Crippen molar-refractivity contribution in [3.05, 3.63) is 76.8 Å². The van der Waals surface area contributed by atoms with E-state index in [0.29, 0.717) is 5.69 Å². The van der Waals surface area contributed by atoms with Crippen molar-refractivity contribution in [3.8, 4) is 17.0 Å². The molecule has 0 spiro atoms. The second-order valence-electron chi connectivity index (χ2n) is 5.84. The molecule has 0 saturated heterocycles. The van der Waals surface area contributed by atoms with E-state index in [0.717, 1.165) is 11.6 Å². The molecule has 9 heteroatoms. The summed E-state index contributed by atoms with van der Waals surface area (Å²) < 4.78 is 46.7. The zero-order chi connectivity index (χ0) is 20.1. The molecule has 1 aromatic heterocycles. The SMILES string of the molecule is COc1ccc(S(=O)(=O)NCCn2nc(-c3ccccc3)ccc2=O)cc1F. The number of sulfonamides is 1. The van der Waals surface area contributed by atoms with Gasteiger partial charge in [-0.1, -0.05) is 30.3 Å². The minimum atomic E-state index is -3.94. The van der Waals surface area contributed by atoms with Crippen LogP contribution in [-0.2, 0) is 16.6 Å². The Kier molecular flexibility index (Phi) is 5.86. The standard InChI is InChI=1S/C19H18FN3O4S/c1-27-18-9-7-15(13-16(18)20)28(25,26)21-11-12-23-19(24)10-8-17(22-23)14-5-3-2-4-6-14/h2-10,13,21H,11-12H2,1H3. The highest BCUT2D eigenvalue weighted by atomic mass is 32.2. The van der Waals surface area contributed by atoms with Crippen molar-refractivity contribution in [2.45, 2.75) is 11.4 Å². The summed E-state index contributed by atoms with van der Waals surface area (Å²) in [5, 5.41) is 4.26. The summed E-state index contributed by atoms with van der Waals surface area (Å²) in [6.45, 7) is -0.0570. The van der Waals surface area contributed by atoms with Crippen LogP contribution in [0.2, 0.25) is 0 Å². The maximum Gasteiger partial charge on any atom is 0.266 e. The van der Waals surface area contributed by atoms with Gasteiger partial charge in [-0.25, -0.2) is 22.2 Å². The number of nitrogens with one attached hydrogen (secondary N) is 1. The number of hydrogen-bond donors (Lipinski definition) is 1. The summed E-state index contributed by atoms with van der Waals surface area (Å²) in [7, 11) is -2.65. The Balaban J connectivity index is 1.72. The highest BCUT2D eigenvalue weighted by Gasteiger charge is 2.16. The zero-order valence-corrected chi connectivity index (χ0v) is 15.8. The van der Waals surface area contributed by atoms with Crippen molar-refractivity contribution >= 4 is 10.0 Å². The molecule has 28 heavy (non-hydrogen) atoms. The zero-order valence-electron chi connectivity index (χ0n) is 15.0. The van der Waals surface area contributed by atoms with Gasteiger partial charge in [0.25, 0.3) is 5.56 Å². The normalized spacial score (nSPS) is 11.4. The van der Waals surface area contributed by atoms with Gasteiger partial charge in [0, 0.05) is 18.2 Å². The summed E-state index contributed by atoms with van der Waals surface area (Å²) in [6.07, 6.45) is 0. The van der Waals surface area contributed by atoms with Gasteiger partial charge in [0.05, 0.1) is 24.2 Å². The lowest BCUT2D eigenvalue weighted by atomic mass is 10.1. The fraction of sp³-hybridized carbons (Fsp3) is 0.158. The van der Waals surface area contributed by atoms with Gasteiger partial charge in [-0.3, -0.25) is 4.79 Å². The smallest absolute Gasteiger partial charge is 0.266 e. The summed E-state index contributed by atoms with van der Waals surface area (Å²) in [5.41, 5.74) is 1.08. The van der Waals surface area contributed by atoms with E-state index in [-0.39, 0.29) is 29.3 Å². The van der Waals surface area contributed by atoms with E-state index < -0.39 is 15.8 Å². The molecular formula is C19H18FN3O4S. The first-order valence-corrected chi connectivity index (χ1v) is 9.86. The molecular weight excluding hydrogens is 385 g/mol. The largest absolute Gasteiger partial charge is 0.494 e. The van der Waals surface area contributed by atoms with Crippen LogP contribution in [0.15, 0.2) is 70.4 Å². The van der Waals surface area contributed by atoms with Gasteiger partial charge in [0.2, 0.25) is 10.0 Å². The monoisotopic (exact) mass is 403 g/mol. The molecule has 146 valence electrons. The molecule has 0 radical (unpaired) electrons. The minimum absolute atomic E-state index is 0.0252. The van der Waals surface area contributed by atoms with Gasteiger partial charge in [0.15, 0.2) is 11.6 Å². The predicted molar refractivity (Wildman–Crippen MR) is 102 cm³/mol. The third-order valence-corrected chi connectivity index (χ3v) is 5.44. The van der Waals surface area contributed by atoms with E-state index in [1.807, 2.05) is 30.3 Å². The molecule has 0 aliphatic heterocycles. The van der Waals surface area contributed by atoms with Crippen molar-refractivity contribution < 1.29 is 17.5 Å². The van der Waals surface area contributed by atoms with Crippen LogP contribution < -0.4 is 15.0 Å². The van der Waals surface area contributed by atoms with Gasteiger partial charge in [-0.2, -0.15) is 5.10 Å². The first kappa shape index (κ1) is 19.7. The predicted octanol–water partition coefficient (Wildman–Crippen LogP) is 2.04. The molecule has 3 rings (SSSR count). The number of hydrogen-bond acceptors (Lipinski definition) is 5. The molecule has 0 aliphatic rings. The second kappa shape index (κ2) is 8.32. The lowest BCUT2D eigenvalue weighted by Gasteiger charge is -2.10. The van der Waals surface area contributed by atoms with Crippen LogP contribution in [0.1, 0.15) is 0 Å². The molecule has 0 atom stereocenters. The van der Waals surface area contributed by atoms with E-state index in [1.165, 1.54) is 30.0 Å². The maximum absolute atomic E-state index is 13.8. The van der Waals surface area contributed by atoms with Gasteiger partial charge in [-0.15, -0.1) is 0 Å². The Hall–Kier alpha value is -3.04. The lowest BCUT2D eigenvalue weighted by molar-refractivity contribution is 0.385.